The maximum absolute atomic E-state index is 8.66. The van der Waals surface area contributed by atoms with Gasteiger partial charge in [0, 0.05) is 0 Å². The van der Waals surface area contributed by atoms with E-state index in [0.717, 1.165) is 19.3 Å². The highest BCUT2D eigenvalue weighted by atomic mass is 28.4. The Bertz CT molecular complexity index is 470. The number of hydrogen-bond acceptors (Lipinski definition) is 2. The van der Waals surface area contributed by atoms with Crippen LogP contribution in [0.3, 0.4) is 0 Å². The van der Waals surface area contributed by atoms with Gasteiger partial charge in [-0.15, -0.1) is 0 Å². The van der Waals surface area contributed by atoms with Gasteiger partial charge in [0.25, 0.3) is 0 Å². The normalized spacial score (nSPS) is 14.5. The Morgan fingerprint density at radius 2 is 1.67 bits per heavy atom. The second kappa shape index (κ2) is 12.3. The third-order valence-electron chi connectivity index (χ3n) is 4.47. The second-order valence-corrected chi connectivity index (χ2v) is 12.5. The molecule has 0 bridgehead atoms. The van der Waals surface area contributed by atoms with Crippen molar-refractivity contribution in [1.29, 1.82) is 0 Å². The van der Waals surface area contributed by atoms with Crippen LogP contribution >= 0.6 is 0 Å². The standard InChI is InChI=1S/C21H36O2Si/c1-20(17-13-11-14-18-22)16-12-9-7-8-10-15-19-23-24(5,6)21(2,3)4/h9-12,14-15,20,22H,13,16-19H2,1-6H3/b12-9+,14-11+,15-10+/t20-/m0/s1. The average Bonchev–Trinajstić information content (AvgIpc) is 2.48. The van der Waals surface area contributed by atoms with Crippen LogP contribution in [0.2, 0.25) is 18.1 Å². The fourth-order valence-corrected chi connectivity index (χ4v) is 2.67. The van der Waals surface area contributed by atoms with Crippen LogP contribution in [-0.2, 0) is 4.43 Å². The molecule has 1 N–H and O–H groups in total. The SMILES string of the molecule is C[C@@H](C/C=C/C#C/C=C/CO[Si](C)(C)C(C)(C)C)CC/C=C/CO. The van der Waals surface area contributed by atoms with Gasteiger partial charge in [0.05, 0.1) is 13.2 Å². The molecule has 0 aliphatic carbocycles. The number of hydrogen-bond donors (Lipinski definition) is 1. The van der Waals surface area contributed by atoms with Crippen LogP contribution in [0.25, 0.3) is 0 Å². The van der Waals surface area contributed by atoms with E-state index in [1.807, 2.05) is 24.3 Å². The lowest BCUT2D eigenvalue weighted by Crippen LogP contribution is -2.40. The van der Waals surface area contributed by atoms with Gasteiger partial charge in [0.2, 0.25) is 0 Å². The van der Waals surface area contributed by atoms with E-state index < -0.39 is 8.32 Å². The van der Waals surface area contributed by atoms with E-state index in [1.165, 1.54) is 0 Å². The molecule has 0 aromatic rings. The van der Waals surface area contributed by atoms with Gasteiger partial charge in [0.1, 0.15) is 0 Å². The Morgan fingerprint density at radius 1 is 1.04 bits per heavy atom. The van der Waals surface area contributed by atoms with E-state index in [-0.39, 0.29) is 11.6 Å². The van der Waals surface area contributed by atoms with Crippen LogP contribution in [-0.4, -0.2) is 26.6 Å². The lowest BCUT2D eigenvalue weighted by molar-refractivity contribution is 0.328. The number of aliphatic hydroxyl groups excluding tert-OH is 1. The molecule has 0 radical (unpaired) electrons. The molecule has 3 heteroatoms. The minimum Gasteiger partial charge on any atom is -0.413 e. The maximum atomic E-state index is 8.66. The van der Waals surface area contributed by atoms with Crippen LogP contribution in [0.1, 0.15) is 47.0 Å². The Balaban J connectivity index is 3.96. The first-order valence-corrected chi connectivity index (χ1v) is 11.8. The lowest BCUT2D eigenvalue weighted by Gasteiger charge is -2.35. The fourth-order valence-electron chi connectivity index (χ4n) is 1.73. The summed E-state index contributed by atoms with van der Waals surface area (Å²) in [7, 11) is -1.65. The molecule has 24 heavy (non-hydrogen) atoms. The quantitative estimate of drug-likeness (QED) is 0.340. The Labute approximate surface area is 150 Å². The highest BCUT2D eigenvalue weighted by Gasteiger charge is 2.36. The van der Waals surface area contributed by atoms with Gasteiger partial charge in [-0.3, -0.25) is 0 Å². The van der Waals surface area contributed by atoms with Crippen molar-refractivity contribution >= 4 is 8.32 Å². The first kappa shape index (κ1) is 22.9. The van der Waals surface area contributed by atoms with Crippen LogP contribution in [0.5, 0.6) is 0 Å². The summed E-state index contributed by atoms with van der Waals surface area (Å²) < 4.78 is 6.05. The molecule has 0 unspecified atom stereocenters. The lowest BCUT2D eigenvalue weighted by atomic mass is 10.0. The first-order chi connectivity index (χ1) is 11.2. The van der Waals surface area contributed by atoms with Crippen molar-refractivity contribution in [3.63, 3.8) is 0 Å². The van der Waals surface area contributed by atoms with Crippen molar-refractivity contribution in [2.75, 3.05) is 13.2 Å². The molecule has 1 atom stereocenters. The van der Waals surface area contributed by atoms with Crippen molar-refractivity contribution in [3.8, 4) is 11.8 Å². The molecule has 0 aromatic heterocycles. The second-order valence-electron chi connectivity index (χ2n) is 7.74. The number of rotatable bonds is 9. The van der Waals surface area contributed by atoms with Crippen molar-refractivity contribution < 1.29 is 9.53 Å². The van der Waals surface area contributed by atoms with Crippen LogP contribution in [0.4, 0.5) is 0 Å². The predicted molar refractivity (Wildman–Crippen MR) is 108 cm³/mol. The molecule has 0 saturated heterocycles. The summed E-state index contributed by atoms with van der Waals surface area (Å²) >= 11 is 0. The monoisotopic (exact) mass is 348 g/mol. The zero-order valence-corrected chi connectivity index (χ0v) is 17.4. The first-order valence-electron chi connectivity index (χ1n) is 8.91. The van der Waals surface area contributed by atoms with Crippen LogP contribution < -0.4 is 0 Å². The largest absolute Gasteiger partial charge is 0.413 e. The van der Waals surface area contributed by atoms with E-state index >= 15 is 0 Å². The molecule has 2 nitrogen and oxygen atoms in total. The van der Waals surface area contributed by atoms with Gasteiger partial charge in [-0.2, -0.15) is 0 Å². The summed E-state index contributed by atoms with van der Waals surface area (Å²) in [5.41, 5.74) is 0. The summed E-state index contributed by atoms with van der Waals surface area (Å²) in [6.45, 7) is 14.3. The van der Waals surface area contributed by atoms with Crippen molar-refractivity contribution in [2.45, 2.75) is 65.1 Å². The van der Waals surface area contributed by atoms with Gasteiger partial charge in [-0.05, 0) is 55.5 Å². The van der Waals surface area contributed by atoms with Gasteiger partial charge >= 0.3 is 0 Å². The summed E-state index contributed by atoms with van der Waals surface area (Å²) in [6.07, 6.45) is 15.0. The molecule has 0 rings (SSSR count). The molecular weight excluding hydrogens is 312 g/mol. The van der Waals surface area contributed by atoms with Gasteiger partial charge < -0.3 is 9.53 Å². The van der Waals surface area contributed by atoms with Gasteiger partial charge in [-0.25, -0.2) is 0 Å². The molecule has 0 amide bonds. The van der Waals surface area contributed by atoms with E-state index in [1.54, 1.807) is 6.08 Å². The molecular formula is C21H36O2Si. The Hall–Kier alpha value is -1.08. The molecule has 0 saturated carbocycles. The molecule has 0 fully saturated rings. The van der Waals surface area contributed by atoms with E-state index in [9.17, 15) is 0 Å². The summed E-state index contributed by atoms with van der Waals surface area (Å²) in [4.78, 5) is 0. The zero-order chi connectivity index (χ0) is 18.5. The Kier molecular flexibility index (Phi) is 11.7. The highest BCUT2D eigenvalue weighted by Crippen LogP contribution is 2.36. The molecule has 0 aliphatic rings. The van der Waals surface area contributed by atoms with Crippen molar-refractivity contribution in [1.82, 2.24) is 0 Å². The molecule has 0 spiro atoms. The third kappa shape index (κ3) is 11.5. The summed E-state index contributed by atoms with van der Waals surface area (Å²) in [6, 6.07) is 0. The zero-order valence-electron chi connectivity index (χ0n) is 16.4. The van der Waals surface area contributed by atoms with E-state index in [0.29, 0.717) is 12.5 Å². The molecule has 0 aromatic carbocycles. The minimum atomic E-state index is -1.65. The smallest absolute Gasteiger partial charge is 0.192 e. The number of aliphatic hydroxyl groups is 1. The Morgan fingerprint density at radius 3 is 2.25 bits per heavy atom. The summed E-state index contributed by atoms with van der Waals surface area (Å²) in [5.74, 6) is 6.70. The number of allylic oxidation sites excluding steroid dienone is 4. The summed E-state index contributed by atoms with van der Waals surface area (Å²) in [5, 5.41) is 8.91. The molecule has 0 heterocycles. The molecule has 0 aliphatic heterocycles. The van der Waals surface area contributed by atoms with Crippen molar-refractivity contribution in [3.05, 3.63) is 36.5 Å². The predicted octanol–water partition coefficient (Wildman–Crippen LogP) is 5.48. The van der Waals surface area contributed by atoms with Crippen LogP contribution in [0, 0.1) is 17.8 Å². The van der Waals surface area contributed by atoms with Crippen LogP contribution in [0.15, 0.2) is 36.5 Å². The van der Waals surface area contributed by atoms with Gasteiger partial charge in [-0.1, -0.05) is 63.8 Å². The fraction of sp³-hybridized carbons (Fsp3) is 0.619. The minimum absolute atomic E-state index is 0.137. The van der Waals surface area contributed by atoms with Gasteiger partial charge in [0.15, 0.2) is 8.32 Å². The topological polar surface area (TPSA) is 29.5 Å². The van der Waals surface area contributed by atoms with E-state index in [4.69, 9.17) is 9.53 Å². The van der Waals surface area contributed by atoms with Crippen molar-refractivity contribution in [2.24, 2.45) is 5.92 Å². The average molecular weight is 349 g/mol. The van der Waals surface area contributed by atoms with E-state index in [2.05, 4.69) is 58.7 Å². The highest BCUT2D eigenvalue weighted by molar-refractivity contribution is 6.74. The molecule has 136 valence electrons. The third-order valence-corrected chi connectivity index (χ3v) is 8.97. The maximum Gasteiger partial charge on any atom is 0.192 e.